The van der Waals surface area contributed by atoms with Crippen LogP contribution in [0.15, 0.2) is 91.1 Å². The molecule has 166 valence electrons. The van der Waals surface area contributed by atoms with Gasteiger partial charge in [0.05, 0.1) is 5.52 Å². The van der Waals surface area contributed by atoms with Gasteiger partial charge in [0.25, 0.3) is 0 Å². The standard InChI is InChI=1S/C26H24N2.2C2H6/c1-18(27)17-25(21-11-7-4-8-12-21)22-13-14-24-23(20-9-5-3-6-10-20)15-16-28-26(24)19(22)2;2*1-2/h3-18H,27H2,1-2H3;2*1-2H3/b25-17-;;. The summed E-state index contributed by atoms with van der Waals surface area (Å²) >= 11 is 0. The van der Waals surface area contributed by atoms with E-state index >= 15 is 0 Å². The highest BCUT2D eigenvalue weighted by Gasteiger charge is 2.14. The minimum atomic E-state index is -0.0334. The molecule has 3 aromatic carbocycles. The third-order valence-electron chi connectivity index (χ3n) is 5.06. The summed E-state index contributed by atoms with van der Waals surface area (Å²) in [7, 11) is 0. The lowest BCUT2D eigenvalue weighted by molar-refractivity contribution is 0.927. The fourth-order valence-electron chi connectivity index (χ4n) is 3.74. The maximum atomic E-state index is 6.14. The van der Waals surface area contributed by atoms with Crippen LogP contribution in [0.25, 0.3) is 27.6 Å². The number of fused-ring (bicyclic) bond motifs is 1. The number of rotatable bonds is 4. The Labute approximate surface area is 193 Å². The van der Waals surface area contributed by atoms with Crippen molar-refractivity contribution < 1.29 is 0 Å². The van der Waals surface area contributed by atoms with E-state index < -0.39 is 0 Å². The van der Waals surface area contributed by atoms with E-state index in [-0.39, 0.29) is 6.04 Å². The van der Waals surface area contributed by atoms with Gasteiger partial charge in [0.2, 0.25) is 0 Å². The van der Waals surface area contributed by atoms with Crippen LogP contribution < -0.4 is 5.73 Å². The summed E-state index contributed by atoms with van der Waals surface area (Å²) in [5.74, 6) is 0. The Bertz CT molecular complexity index is 1130. The maximum absolute atomic E-state index is 6.14. The fourth-order valence-corrected chi connectivity index (χ4v) is 3.74. The highest BCUT2D eigenvalue weighted by molar-refractivity contribution is 5.99. The van der Waals surface area contributed by atoms with Gasteiger partial charge < -0.3 is 5.73 Å². The van der Waals surface area contributed by atoms with Crippen molar-refractivity contribution in [2.24, 2.45) is 5.73 Å². The Hall–Kier alpha value is -3.23. The van der Waals surface area contributed by atoms with E-state index in [1.165, 1.54) is 33.2 Å². The highest BCUT2D eigenvalue weighted by atomic mass is 14.7. The molecule has 32 heavy (non-hydrogen) atoms. The van der Waals surface area contributed by atoms with Crippen LogP contribution in [0.4, 0.5) is 0 Å². The van der Waals surface area contributed by atoms with Crippen molar-refractivity contribution in [1.82, 2.24) is 4.98 Å². The fraction of sp³-hybridized carbons (Fsp3) is 0.233. The lowest BCUT2D eigenvalue weighted by atomic mass is 9.90. The third kappa shape index (κ3) is 5.72. The van der Waals surface area contributed by atoms with Crippen LogP contribution >= 0.6 is 0 Å². The summed E-state index contributed by atoms with van der Waals surface area (Å²) in [6, 6.07) is 27.3. The number of aryl methyl sites for hydroxylation is 1. The number of hydrogen-bond donors (Lipinski definition) is 1. The molecule has 2 N–H and O–H groups in total. The molecule has 0 radical (unpaired) electrons. The van der Waals surface area contributed by atoms with Gasteiger partial charge in [-0.15, -0.1) is 0 Å². The number of hydrogen-bond acceptors (Lipinski definition) is 2. The van der Waals surface area contributed by atoms with E-state index in [2.05, 4.69) is 79.7 Å². The molecule has 0 spiro atoms. The van der Waals surface area contributed by atoms with Crippen molar-refractivity contribution in [2.45, 2.75) is 47.6 Å². The quantitative estimate of drug-likeness (QED) is 0.360. The third-order valence-corrected chi connectivity index (χ3v) is 5.06. The second-order valence-corrected chi connectivity index (χ2v) is 7.16. The Morgan fingerprint density at radius 1 is 0.812 bits per heavy atom. The summed E-state index contributed by atoms with van der Waals surface area (Å²) in [6.07, 6.45) is 4.03. The number of aromatic nitrogens is 1. The van der Waals surface area contributed by atoms with E-state index in [4.69, 9.17) is 10.7 Å². The van der Waals surface area contributed by atoms with Crippen LogP contribution in [0.2, 0.25) is 0 Å². The lowest BCUT2D eigenvalue weighted by Crippen LogP contribution is -2.12. The molecule has 4 aromatic rings. The van der Waals surface area contributed by atoms with Crippen LogP contribution in [0.3, 0.4) is 0 Å². The predicted octanol–water partition coefficient (Wildman–Crippen LogP) is 8.04. The minimum absolute atomic E-state index is 0.0334. The molecule has 1 heterocycles. The zero-order valence-electron chi connectivity index (χ0n) is 20.3. The summed E-state index contributed by atoms with van der Waals surface area (Å²) in [4.78, 5) is 4.72. The molecule has 1 aromatic heterocycles. The molecule has 4 rings (SSSR count). The van der Waals surface area contributed by atoms with Gasteiger partial charge in [-0.3, -0.25) is 4.98 Å². The molecule has 0 amide bonds. The smallest absolute Gasteiger partial charge is 0.0743 e. The topological polar surface area (TPSA) is 38.9 Å². The highest BCUT2D eigenvalue weighted by Crippen LogP contribution is 2.34. The Balaban J connectivity index is 0.000000860. The Kier molecular flexibility index (Phi) is 9.84. The largest absolute Gasteiger partial charge is 0.325 e. The van der Waals surface area contributed by atoms with Crippen molar-refractivity contribution in [3.05, 3.63) is 108 Å². The lowest BCUT2D eigenvalue weighted by Gasteiger charge is -2.16. The van der Waals surface area contributed by atoms with Gasteiger partial charge in [-0.1, -0.05) is 107 Å². The Morgan fingerprint density at radius 3 is 2.00 bits per heavy atom. The predicted molar refractivity (Wildman–Crippen MR) is 142 cm³/mol. The molecule has 1 atom stereocenters. The van der Waals surface area contributed by atoms with Crippen molar-refractivity contribution in [3.8, 4) is 11.1 Å². The minimum Gasteiger partial charge on any atom is -0.325 e. The molecule has 2 nitrogen and oxygen atoms in total. The number of pyridine rings is 1. The van der Waals surface area contributed by atoms with E-state index in [0.29, 0.717) is 0 Å². The monoisotopic (exact) mass is 424 g/mol. The average Bonchev–Trinajstić information content (AvgIpc) is 2.86. The van der Waals surface area contributed by atoms with Crippen LogP contribution in [0.5, 0.6) is 0 Å². The van der Waals surface area contributed by atoms with Gasteiger partial charge in [-0.25, -0.2) is 0 Å². The summed E-state index contributed by atoms with van der Waals surface area (Å²) in [5.41, 5.74) is 14.3. The Morgan fingerprint density at radius 2 is 1.41 bits per heavy atom. The average molecular weight is 425 g/mol. The second-order valence-electron chi connectivity index (χ2n) is 7.16. The summed E-state index contributed by atoms with van der Waals surface area (Å²) in [5, 5.41) is 1.17. The molecular weight excluding hydrogens is 388 g/mol. The van der Waals surface area contributed by atoms with Crippen LogP contribution in [0.1, 0.15) is 51.3 Å². The molecule has 0 aliphatic heterocycles. The second kappa shape index (κ2) is 12.6. The van der Waals surface area contributed by atoms with Gasteiger partial charge >= 0.3 is 0 Å². The molecule has 0 bridgehead atoms. The number of nitrogens with two attached hydrogens (primary N) is 1. The van der Waals surface area contributed by atoms with Gasteiger partial charge in [-0.05, 0) is 53.3 Å². The van der Waals surface area contributed by atoms with Gasteiger partial charge in [-0.2, -0.15) is 0 Å². The number of benzene rings is 3. The molecule has 0 saturated carbocycles. The normalized spacial score (nSPS) is 11.7. The van der Waals surface area contributed by atoms with Crippen molar-refractivity contribution in [2.75, 3.05) is 0 Å². The van der Waals surface area contributed by atoms with Gasteiger partial charge in [0.15, 0.2) is 0 Å². The first-order valence-electron chi connectivity index (χ1n) is 11.6. The summed E-state index contributed by atoms with van der Waals surface area (Å²) in [6.45, 7) is 12.2. The van der Waals surface area contributed by atoms with Crippen LogP contribution in [-0.2, 0) is 0 Å². The molecular formula is C30H36N2. The first-order valence-corrected chi connectivity index (χ1v) is 11.6. The molecule has 0 fully saturated rings. The number of nitrogens with zero attached hydrogens (tertiary/aromatic N) is 1. The first kappa shape index (κ1) is 25.0. The first-order chi connectivity index (χ1) is 15.6. The molecule has 0 aliphatic carbocycles. The summed E-state index contributed by atoms with van der Waals surface area (Å²) < 4.78 is 0. The molecule has 1 unspecified atom stereocenters. The van der Waals surface area contributed by atoms with E-state index in [1.807, 2.05) is 52.9 Å². The van der Waals surface area contributed by atoms with Crippen molar-refractivity contribution in [1.29, 1.82) is 0 Å². The van der Waals surface area contributed by atoms with Gasteiger partial charge in [0.1, 0.15) is 0 Å². The van der Waals surface area contributed by atoms with E-state index in [0.717, 1.165) is 11.1 Å². The molecule has 0 saturated heterocycles. The van der Waals surface area contributed by atoms with Crippen LogP contribution in [-0.4, -0.2) is 11.0 Å². The van der Waals surface area contributed by atoms with Crippen molar-refractivity contribution in [3.63, 3.8) is 0 Å². The van der Waals surface area contributed by atoms with Gasteiger partial charge in [0, 0.05) is 17.6 Å². The van der Waals surface area contributed by atoms with Crippen molar-refractivity contribution >= 4 is 16.5 Å². The zero-order chi connectivity index (χ0) is 23.5. The zero-order valence-corrected chi connectivity index (χ0v) is 20.3. The van der Waals surface area contributed by atoms with E-state index in [9.17, 15) is 0 Å². The SMILES string of the molecule is CC.CC.Cc1c(/C(=C\C(C)N)c2ccccc2)ccc2c(-c3ccccc3)ccnc12. The van der Waals surface area contributed by atoms with E-state index in [1.54, 1.807) is 0 Å². The molecule has 2 heteroatoms. The van der Waals surface area contributed by atoms with Crippen LogP contribution in [0, 0.1) is 6.92 Å². The molecule has 0 aliphatic rings. The maximum Gasteiger partial charge on any atom is 0.0743 e.